The highest BCUT2D eigenvalue weighted by Gasteiger charge is 2.07. The average Bonchev–Trinajstić information content (AvgIpc) is 2.76. The molecule has 3 rings (SSSR count). The quantitative estimate of drug-likeness (QED) is 0.690. The molecule has 0 aliphatic carbocycles. The van der Waals surface area contributed by atoms with Gasteiger partial charge in [0.2, 0.25) is 0 Å². The highest BCUT2D eigenvalue weighted by atomic mass is 35.5. The Bertz CT molecular complexity index is 658. The largest absolute Gasteiger partial charge is 0.338 e. The fourth-order valence-electron chi connectivity index (χ4n) is 1.73. The van der Waals surface area contributed by atoms with Gasteiger partial charge in [0, 0.05) is 5.56 Å². The van der Waals surface area contributed by atoms with Gasteiger partial charge in [-0.05, 0) is 30.3 Å². The van der Waals surface area contributed by atoms with Crippen LogP contribution in [0.2, 0.25) is 5.02 Å². The summed E-state index contributed by atoms with van der Waals surface area (Å²) in [7, 11) is 0. The third-order valence-corrected chi connectivity index (χ3v) is 2.89. The summed E-state index contributed by atoms with van der Waals surface area (Å²) >= 11 is 5.64. The van der Waals surface area contributed by atoms with Crippen LogP contribution in [0, 0.1) is 5.82 Å². The lowest BCUT2D eigenvalue weighted by molar-refractivity contribution is 0.628. The number of nitrogens with zero attached hydrogens (tertiary/aromatic N) is 1. The van der Waals surface area contributed by atoms with Crippen molar-refractivity contribution in [2.24, 2.45) is 0 Å². The summed E-state index contributed by atoms with van der Waals surface area (Å²) in [6, 6.07) is 12.3. The van der Waals surface area contributed by atoms with Crippen LogP contribution in [0.3, 0.4) is 0 Å². The van der Waals surface area contributed by atoms with E-state index in [1.54, 1.807) is 6.07 Å². The van der Waals surface area contributed by atoms with Gasteiger partial charge in [-0.2, -0.15) is 0 Å². The summed E-state index contributed by atoms with van der Waals surface area (Å²) < 4.78 is 13.3. The van der Waals surface area contributed by atoms with Gasteiger partial charge in [-0.15, -0.1) is 0 Å². The topological polar surface area (TPSA) is 28.7 Å². The van der Waals surface area contributed by atoms with Crippen LogP contribution in [-0.4, -0.2) is 9.97 Å². The van der Waals surface area contributed by atoms with Crippen LogP contribution in [0.5, 0.6) is 0 Å². The Hall–Kier alpha value is -1.87. The number of benzene rings is 2. The van der Waals surface area contributed by atoms with E-state index in [1.165, 1.54) is 12.1 Å². The minimum Gasteiger partial charge on any atom is -0.338 e. The Balaban J connectivity index is 2.17. The van der Waals surface area contributed by atoms with Crippen molar-refractivity contribution in [2.75, 3.05) is 0 Å². The van der Waals surface area contributed by atoms with E-state index in [2.05, 4.69) is 9.97 Å². The monoisotopic (exact) mass is 246 g/mol. The molecule has 0 aliphatic heterocycles. The molecule has 0 spiro atoms. The molecule has 0 saturated heterocycles. The maximum atomic E-state index is 13.3. The van der Waals surface area contributed by atoms with Gasteiger partial charge in [0.1, 0.15) is 11.6 Å². The molecule has 1 heterocycles. The van der Waals surface area contributed by atoms with E-state index in [-0.39, 0.29) is 5.02 Å². The lowest BCUT2D eigenvalue weighted by Crippen LogP contribution is -1.83. The zero-order valence-corrected chi connectivity index (χ0v) is 9.50. The van der Waals surface area contributed by atoms with Crippen LogP contribution in [-0.2, 0) is 0 Å². The lowest BCUT2D eigenvalue weighted by atomic mass is 10.2. The summed E-state index contributed by atoms with van der Waals surface area (Å²) in [5.74, 6) is 0.200. The number of aromatic amines is 1. The Morgan fingerprint density at radius 2 is 1.94 bits per heavy atom. The van der Waals surface area contributed by atoms with E-state index in [1.807, 2.05) is 24.3 Å². The van der Waals surface area contributed by atoms with Crippen LogP contribution < -0.4 is 0 Å². The number of halogens is 2. The van der Waals surface area contributed by atoms with Crippen molar-refractivity contribution in [3.63, 3.8) is 0 Å². The second kappa shape index (κ2) is 3.86. The van der Waals surface area contributed by atoms with Crippen molar-refractivity contribution in [3.05, 3.63) is 53.3 Å². The second-order valence-electron chi connectivity index (χ2n) is 3.73. The molecule has 17 heavy (non-hydrogen) atoms. The SMILES string of the molecule is Fc1cc(-c2nc3ccccc3[nH]2)ccc1Cl. The zero-order chi connectivity index (χ0) is 11.8. The minimum atomic E-state index is -0.440. The molecule has 0 bridgehead atoms. The van der Waals surface area contributed by atoms with Crippen molar-refractivity contribution in [1.29, 1.82) is 0 Å². The van der Waals surface area contributed by atoms with Gasteiger partial charge in [-0.1, -0.05) is 23.7 Å². The van der Waals surface area contributed by atoms with Crippen LogP contribution in [0.1, 0.15) is 0 Å². The van der Waals surface area contributed by atoms with Crippen LogP contribution >= 0.6 is 11.6 Å². The van der Waals surface area contributed by atoms with E-state index in [0.29, 0.717) is 11.4 Å². The van der Waals surface area contributed by atoms with Crippen LogP contribution in [0.25, 0.3) is 22.4 Å². The first-order valence-electron chi connectivity index (χ1n) is 5.14. The number of hydrogen-bond acceptors (Lipinski definition) is 1. The number of hydrogen-bond donors (Lipinski definition) is 1. The third-order valence-electron chi connectivity index (χ3n) is 2.58. The maximum absolute atomic E-state index is 13.3. The zero-order valence-electron chi connectivity index (χ0n) is 8.74. The van der Waals surface area contributed by atoms with Crippen molar-refractivity contribution >= 4 is 22.6 Å². The molecule has 0 saturated carbocycles. The summed E-state index contributed by atoms with van der Waals surface area (Å²) in [6.07, 6.45) is 0. The molecule has 1 aromatic heterocycles. The van der Waals surface area contributed by atoms with Crippen LogP contribution in [0.15, 0.2) is 42.5 Å². The van der Waals surface area contributed by atoms with E-state index in [4.69, 9.17) is 11.6 Å². The highest BCUT2D eigenvalue weighted by Crippen LogP contribution is 2.24. The van der Waals surface area contributed by atoms with E-state index >= 15 is 0 Å². The fraction of sp³-hybridized carbons (Fsp3) is 0. The predicted octanol–water partition coefficient (Wildman–Crippen LogP) is 4.02. The van der Waals surface area contributed by atoms with Crippen molar-refractivity contribution in [1.82, 2.24) is 9.97 Å². The number of aromatic nitrogens is 2. The first-order chi connectivity index (χ1) is 8.24. The number of nitrogens with one attached hydrogen (secondary N) is 1. The van der Waals surface area contributed by atoms with Gasteiger partial charge in [0.05, 0.1) is 16.1 Å². The number of imidazole rings is 1. The fourth-order valence-corrected chi connectivity index (χ4v) is 1.85. The van der Waals surface area contributed by atoms with Gasteiger partial charge >= 0.3 is 0 Å². The molecule has 0 fully saturated rings. The molecule has 1 N–H and O–H groups in total. The predicted molar refractivity (Wildman–Crippen MR) is 66.5 cm³/mol. The van der Waals surface area contributed by atoms with Crippen molar-refractivity contribution in [2.45, 2.75) is 0 Å². The molecule has 0 atom stereocenters. The van der Waals surface area contributed by atoms with E-state index in [9.17, 15) is 4.39 Å². The van der Waals surface area contributed by atoms with Gasteiger partial charge in [0.25, 0.3) is 0 Å². The molecule has 0 unspecified atom stereocenters. The third kappa shape index (κ3) is 1.78. The first-order valence-corrected chi connectivity index (χ1v) is 5.52. The number of H-pyrrole nitrogens is 1. The number of rotatable bonds is 1. The Kier molecular flexibility index (Phi) is 2.34. The summed E-state index contributed by atoms with van der Waals surface area (Å²) in [6.45, 7) is 0. The molecule has 84 valence electrons. The van der Waals surface area contributed by atoms with Crippen LogP contribution in [0.4, 0.5) is 4.39 Å². The molecule has 0 amide bonds. The summed E-state index contributed by atoms with van der Waals surface area (Å²) in [5, 5.41) is 0.116. The minimum absolute atomic E-state index is 0.116. The molecular weight excluding hydrogens is 239 g/mol. The molecule has 0 radical (unpaired) electrons. The lowest BCUT2D eigenvalue weighted by Gasteiger charge is -1.98. The molecule has 3 aromatic rings. The van der Waals surface area contributed by atoms with E-state index in [0.717, 1.165) is 11.0 Å². The second-order valence-corrected chi connectivity index (χ2v) is 4.14. The summed E-state index contributed by atoms with van der Waals surface area (Å²) in [4.78, 5) is 7.53. The van der Waals surface area contributed by atoms with Crippen molar-refractivity contribution in [3.8, 4) is 11.4 Å². The normalized spacial score (nSPS) is 10.9. The van der Waals surface area contributed by atoms with Gasteiger partial charge in [-0.25, -0.2) is 9.37 Å². The smallest absolute Gasteiger partial charge is 0.142 e. The Labute approximate surface area is 102 Å². The first kappa shape index (κ1) is 10.3. The average molecular weight is 247 g/mol. The van der Waals surface area contributed by atoms with Gasteiger partial charge in [0.15, 0.2) is 0 Å². The molecule has 0 aliphatic rings. The standard InChI is InChI=1S/C13H8ClFN2/c14-9-6-5-8(7-10(9)15)13-16-11-3-1-2-4-12(11)17-13/h1-7H,(H,16,17). The van der Waals surface area contributed by atoms with Gasteiger partial charge in [-0.3, -0.25) is 0 Å². The number of para-hydroxylation sites is 2. The Morgan fingerprint density at radius 3 is 2.71 bits per heavy atom. The molecule has 4 heteroatoms. The summed E-state index contributed by atoms with van der Waals surface area (Å²) in [5.41, 5.74) is 2.47. The number of fused-ring (bicyclic) bond motifs is 1. The van der Waals surface area contributed by atoms with E-state index < -0.39 is 5.82 Å². The molecular formula is C13H8ClFN2. The van der Waals surface area contributed by atoms with Gasteiger partial charge < -0.3 is 4.98 Å². The molecule has 2 nitrogen and oxygen atoms in total. The molecule has 2 aromatic carbocycles. The maximum Gasteiger partial charge on any atom is 0.142 e. The highest BCUT2D eigenvalue weighted by molar-refractivity contribution is 6.30. The van der Waals surface area contributed by atoms with Crippen molar-refractivity contribution < 1.29 is 4.39 Å². The Morgan fingerprint density at radius 1 is 1.12 bits per heavy atom.